The van der Waals surface area contributed by atoms with Crippen LogP contribution in [0.25, 0.3) is 0 Å². The lowest BCUT2D eigenvalue weighted by Gasteiger charge is -2.08. The maximum Gasteiger partial charge on any atom is 0.270 e. The molecule has 0 aromatic heterocycles. The minimum atomic E-state index is -0.553. The Hall–Kier alpha value is -4.05. The fraction of sp³-hybridized carbons (Fsp3) is 0.0909. The Bertz CT molecular complexity index is 1200. The number of thioether (sulfide) groups is 1. The summed E-state index contributed by atoms with van der Waals surface area (Å²) in [6.07, 6.45) is 0. The number of carbonyl (C=O) groups excluding carboxylic acids is 2. The summed E-state index contributed by atoms with van der Waals surface area (Å²) in [5, 5.41) is 16.4. The van der Waals surface area contributed by atoms with Gasteiger partial charge in [0.25, 0.3) is 11.6 Å². The number of ether oxygens (including phenoxy) is 2. The molecule has 0 fully saturated rings. The molecule has 3 aromatic carbocycles. The lowest BCUT2D eigenvalue weighted by atomic mass is 10.2. The van der Waals surface area contributed by atoms with Gasteiger partial charge in [-0.25, -0.2) is 0 Å². The third-order valence-corrected chi connectivity index (χ3v) is 5.43. The number of fused-ring (bicyclic) bond motifs is 1. The van der Waals surface area contributed by atoms with E-state index < -0.39 is 10.8 Å². The van der Waals surface area contributed by atoms with Gasteiger partial charge in [0, 0.05) is 40.0 Å². The van der Waals surface area contributed by atoms with Crippen LogP contribution in [0.2, 0.25) is 0 Å². The van der Waals surface area contributed by atoms with Crippen molar-refractivity contribution in [2.24, 2.45) is 0 Å². The largest absolute Gasteiger partial charge is 0.454 e. The maximum absolute atomic E-state index is 12.4. The zero-order valence-electron chi connectivity index (χ0n) is 16.6. The van der Waals surface area contributed by atoms with E-state index in [4.69, 9.17) is 9.47 Å². The minimum Gasteiger partial charge on any atom is -0.454 e. The van der Waals surface area contributed by atoms with Crippen LogP contribution in [-0.2, 0) is 4.79 Å². The molecule has 4 rings (SSSR count). The third-order valence-electron chi connectivity index (χ3n) is 4.44. The van der Waals surface area contributed by atoms with Gasteiger partial charge in [0.15, 0.2) is 11.5 Å². The number of nitrogens with zero attached hydrogens (tertiary/aromatic N) is 1. The summed E-state index contributed by atoms with van der Waals surface area (Å²) in [5.74, 6) is 0.733. The van der Waals surface area contributed by atoms with Crippen molar-refractivity contribution in [1.82, 2.24) is 0 Å². The number of hydrogen-bond donors (Lipinski definition) is 2. The Morgan fingerprint density at radius 1 is 0.938 bits per heavy atom. The fourth-order valence-corrected chi connectivity index (χ4v) is 3.70. The van der Waals surface area contributed by atoms with E-state index in [0.29, 0.717) is 22.9 Å². The molecule has 0 aliphatic carbocycles. The molecule has 0 bridgehead atoms. The van der Waals surface area contributed by atoms with Crippen molar-refractivity contribution < 1.29 is 24.0 Å². The summed E-state index contributed by atoms with van der Waals surface area (Å²) in [6.45, 7) is 0.163. The standard InChI is InChI=1S/C22H17N3O6S/c26-21(23-16-7-8-19-20(11-16)31-13-30-19)12-32-18-6-2-4-15(10-18)24-22(27)14-3-1-5-17(9-14)25(28)29/h1-11H,12-13H2,(H,23,26)(H,24,27). The Labute approximate surface area is 186 Å². The molecule has 2 amide bonds. The van der Waals surface area contributed by atoms with Gasteiger partial charge in [-0.15, -0.1) is 11.8 Å². The second-order valence-electron chi connectivity index (χ2n) is 6.69. The number of nitro benzene ring substituents is 1. The van der Waals surface area contributed by atoms with Crippen molar-refractivity contribution in [3.05, 3.63) is 82.4 Å². The Morgan fingerprint density at radius 3 is 2.56 bits per heavy atom. The molecule has 0 radical (unpaired) electrons. The molecular weight excluding hydrogens is 434 g/mol. The summed E-state index contributed by atoms with van der Waals surface area (Å²) in [4.78, 5) is 35.8. The highest BCUT2D eigenvalue weighted by molar-refractivity contribution is 8.00. The normalized spacial score (nSPS) is 11.6. The first-order valence-electron chi connectivity index (χ1n) is 9.46. The number of anilines is 2. The van der Waals surface area contributed by atoms with Gasteiger partial charge in [-0.1, -0.05) is 12.1 Å². The summed E-state index contributed by atoms with van der Waals surface area (Å²) in [7, 11) is 0. The molecule has 32 heavy (non-hydrogen) atoms. The lowest BCUT2D eigenvalue weighted by Crippen LogP contribution is -2.14. The quantitative estimate of drug-likeness (QED) is 0.312. The topological polar surface area (TPSA) is 120 Å². The molecular formula is C22H17N3O6S. The zero-order chi connectivity index (χ0) is 22.5. The number of nitro groups is 1. The molecule has 0 unspecified atom stereocenters. The van der Waals surface area contributed by atoms with Crippen molar-refractivity contribution in [1.29, 1.82) is 0 Å². The zero-order valence-corrected chi connectivity index (χ0v) is 17.4. The van der Waals surface area contributed by atoms with Gasteiger partial charge in [0.2, 0.25) is 12.7 Å². The predicted octanol–water partition coefficient (Wildman–Crippen LogP) is 4.31. The molecule has 0 saturated carbocycles. The van der Waals surface area contributed by atoms with E-state index in [2.05, 4.69) is 10.6 Å². The number of amides is 2. The van der Waals surface area contributed by atoms with Gasteiger partial charge >= 0.3 is 0 Å². The van der Waals surface area contributed by atoms with Crippen LogP contribution < -0.4 is 20.1 Å². The van der Waals surface area contributed by atoms with Crippen LogP contribution in [0.3, 0.4) is 0 Å². The van der Waals surface area contributed by atoms with E-state index in [1.165, 1.54) is 36.0 Å². The van der Waals surface area contributed by atoms with Gasteiger partial charge in [0.05, 0.1) is 10.7 Å². The smallest absolute Gasteiger partial charge is 0.270 e. The average molecular weight is 451 g/mol. The van der Waals surface area contributed by atoms with Crippen LogP contribution in [-0.4, -0.2) is 29.3 Å². The molecule has 9 nitrogen and oxygen atoms in total. The first-order chi connectivity index (χ1) is 15.5. The second kappa shape index (κ2) is 9.40. The van der Waals surface area contributed by atoms with Crippen molar-refractivity contribution in [3.8, 4) is 11.5 Å². The van der Waals surface area contributed by atoms with Crippen molar-refractivity contribution >= 4 is 40.6 Å². The maximum atomic E-state index is 12.4. The van der Waals surface area contributed by atoms with E-state index in [1.54, 1.807) is 36.4 Å². The Balaban J connectivity index is 1.33. The molecule has 3 aromatic rings. The van der Waals surface area contributed by atoms with Gasteiger partial charge in [-0.3, -0.25) is 19.7 Å². The van der Waals surface area contributed by atoms with Crippen molar-refractivity contribution in [2.75, 3.05) is 23.2 Å². The van der Waals surface area contributed by atoms with Crippen molar-refractivity contribution in [3.63, 3.8) is 0 Å². The fourth-order valence-electron chi connectivity index (χ4n) is 2.95. The van der Waals surface area contributed by atoms with E-state index >= 15 is 0 Å². The van der Waals surface area contributed by atoms with Crippen molar-refractivity contribution in [2.45, 2.75) is 4.90 Å². The number of rotatable bonds is 7. The molecule has 0 spiro atoms. The third kappa shape index (κ3) is 5.16. The van der Waals surface area contributed by atoms with E-state index in [0.717, 1.165) is 4.90 Å². The molecule has 10 heteroatoms. The summed E-state index contributed by atoms with van der Waals surface area (Å²) >= 11 is 1.31. The monoisotopic (exact) mass is 451 g/mol. The molecule has 1 heterocycles. The Kier molecular flexibility index (Phi) is 6.22. The SMILES string of the molecule is O=C(CSc1cccc(NC(=O)c2cccc([N+](=O)[O-])c2)c1)Nc1ccc2c(c1)OCO2. The van der Waals surface area contributed by atoms with Gasteiger partial charge in [-0.05, 0) is 36.4 Å². The summed E-state index contributed by atoms with van der Waals surface area (Å²) < 4.78 is 10.5. The first-order valence-corrected chi connectivity index (χ1v) is 10.4. The van der Waals surface area contributed by atoms with E-state index in [9.17, 15) is 19.7 Å². The minimum absolute atomic E-state index is 0.157. The van der Waals surface area contributed by atoms with Crippen LogP contribution >= 0.6 is 11.8 Å². The number of non-ortho nitro benzene ring substituents is 1. The molecule has 1 aliphatic rings. The Morgan fingerprint density at radius 2 is 1.72 bits per heavy atom. The number of hydrogen-bond acceptors (Lipinski definition) is 7. The number of benzene rings is 3. The summed E-state index contributed by atoms with van der Waals surface area (Å²) in [5.41, 5.74) is 1.15. The first kappa shape index (κ1) is 21.2. The molecule has 1 aliphatic heterocycles. The van der Waals surface area contributed by atoms with Gasteiger partial charge < -0.3 is 20.1 Å². The van der Waals surface area contributed by atoms with Crippen LogP contribution in [0.15, 0.2) is 71.6 Å². The van der Waals surface area contributed by atoms with Gasteiger partial charge in [-0.2, -0.15) is 0 Å². The molecule has 0 atom stereocenters. The van der Waals surface area contributed by atoms with Crippen LogP contribution in [0.4, 0.5) is 17.1 Å². The highest BCUT2D eigenvalue weighted by atomic mass is 32.2. The highest BCUT2D eigenvalue weighted by Crippen LogP contribution is 2.34. The molecule has 162 valence electrons. The molecule has 2 N–H and O–H groups in total. The van der Waals surface area contributed by atoms with E-state index in [-0.39, 0.29) is 29.7 Å². The molecule has 0 saturated heterocycles. The second-order valence-corrected chi connectivity index (χ2v) is 7.74. The van der Waals surface area contributed by atoms with Gasteiger partial charge in [0.1, 0.15) is 0 Å². The number of carbonyl (C=O) groups is 2. The summed E-state index contributed by atoms with van der Waals surface area (Å²) in [6, 6.07) is 17.7. The highest BCUT2D eigenvalue weighted by Gasteiger charge is 2.15. The predicted molar refractivity (Wildman–Crippen MR) is 119 cm³/mol. The average Bonchev–Trinajstić information content (AvgIpc) is 3.26. The van der Waals surface area contributed by atoms with Crippen LogP contribution in [0.5, 0.6) is 11.5 Å². The lowest BCUT2D eigenvalue weighted by molar-refractivity contribution is -0.384. The van der Waals surface area contributed by atoms with Crippen LogP contribution in [0.1, 0.15) is 10.4 Å². The van der Waals surface area contributed by atoms with E-state index in [1.807, 2.05) is 6.07 Å². The van der Waals surface area contributed by atoms with Crippen LogP contribution in [0, 0.1) is 10.1 Å². The number of nitrogens with one attached hydrogen (secondary N) is 2.